The van der Waals surface area contributed by atoms with Crippen molar-refractivity contribution < 1.29 is 14.7 Å². The van der Waals surface area contributed by atoms with E-state index in [0.717, 1.165) is 11.3 Å². The van der Waals surface area contributed by atoms with Crippen LogP contribution in [0.1, 0.15) is 26.3 Å². The van der Waals surface area contributed by atoms with Crippen LogP contribution in [-0.4, -0.2) is 40.6 Å². The summed E-state index contributed by atoms with van der Waals surface area (Å²) in [5, 5.41) is 10.4. The third kappa shape index (κ3) is 4.09. The number of carbonyl (C=O) groups is 2. The summed E-state index contributed by atoms with van der Waals surface area (Å²) in [5.41, 5.74) is 1.85. The number of nitrogens with zero attached hydrogens (tertiary/aromatic N) is 2. The normalized spacial score (nSPS) is 19.2. The van der Waals surface area contributed by atoms with Gasteiger partial charge in [0.15, 0.2) is 0 Å². The zero-order valence-electron chi connectivity index (χ0n) is 16.7. The van der Waals surface area contributed by atoms with Crippen molar-refractivity contribution in [1.29, 1.82) is 0 Å². The summed E-state index contributed by atoms with van der Waals surface area (Å²) < 4.78 is 0. The molecule has 0 unspecified atom stereocenters. The minimum absolute atomic E-state index is 0.0607. The average molecular weight is 380 g/mol. The number of rotatable bonds is 6. The zero-order valence-corrected chi connectivity index (χ0v) is 16.7. The molecule has 2 aromatic rings. The third-order valence-corrected chi connectivity index (χ3v) is 5.40. The monoisotopic (exact) mass is 380 g/mol. The molecule has 2 aromatic carbocycles. The number of anilines is 1. The Bertz CT molecular complexity index is 807. The summed E-state index contributed by atoms with van der Waals surface area (Å²) >= 11 is 0. The van der Waals surface area contributed by atoms with E-state index in [4.69, 9.17) is 0 Å². The molecule has 0 aliphatic carbocycles. The first-order valence-corrected chi connectivity index (χ1v) is 9.81. The largest absolute Gasteiger partial charge is 0.392 e. The molecule has 0 bridgehead atoms. The molecule has 0 saturated carbocycles. The number of aliphatic hydroxyl groups excluding tert-OH is 1. The lowest BCUT2D eigenvalue weighted by Crippen LogP contribution is -2.47. The highest BCUT2D eigenvalue weighted by Gasteiger charge is 2.44. The van der Waals surface area contributed by atoms with Crippen molar-refractivity contribution in [3.05, 3.63) is 66.2 Å². The molecule has 5 nitrogen and oxygen atoms in total. The Morgan fingerprint density at radius 1 is 1.04 bits per heavy atom. The fourth-order valence-corrected chi connectivity index (χ4v) is 3.74. The van der Waals surface area contributed by atoms with Crippen LogP contribution in [0.4, 0.5) is 10.5 Å². The molecule has 28 heavy (non-hydrogen) atoms. The summed E-state index contributed by atoms with van der Waals surface area (Å²) in [6, 6.07) is 18.7. The molecule has 1 aliphatic heterocycles. The van der Waals surface area contributed by atoms with Gasteiger partial charge in [-0.3, -0.25) is 14.6 Å². The van der Waals surface area contributed by atoms with E-state index in [1.165, 1.54) is 4.90 Å². The first-order valence-electron chi connectivity index (χ1n) is 9.81. The van der Waals surface area contributed by atoms with Crippen molar-refractivity contribution in [2.24, 2.45) is 11.8 Å². The lowest BCUT2D eigenvalue weighted by molar-refractivity contribution is -0.137. The lowest BCUT2D eigenvalue weighted by atomic mass is 9.93. The van der Waals surface area contributed by atoms with Crippen LogP contribution in [-0.2, 0) is 11.2 Å². The Labute approximate surface area is 166 Å². The summed E-state index contributed by atoms with van der Waals surface area (Å²) in [4.78, 5) is 29.4. The van der Waals surface area contributed by atoms with E-state index in [0.29, 0.717) is 13.0 Å². The predicted molar refractivity (Wildman–Crippen MR) is 110 cm³/mol. The van der Waals surface area contributed by atoms with Gasteiger partial charge in [-0.2, -0.15) is 0 Å². The molecular formula is C23H28N2O3. The highest BCUT2D eigenvalue weighted by molar-refractivity contribution is 6.06. The summed E-state index contributed by atoms with van der Waals surface area (Å²) in [6.07, 6.45) is -0.199. The number of hydrogen-bond acceptors (Lipinski definition) is 3. The van der Waals surface area contributed by atoms with Gasteiger partial charge in [0, 0.05) is 12.2 Å². The fourth-order valence-electron chi connectivity index (χ4n) is 3.74. The number of aliphatic hydroxyl groups is 1. The van der Waals surface area contributed by atoms with Crippen LogP contribution >= 0.6 is 0 Å². The molecule has 1 heterocycles. The van der Waals surface area contributed by atoms with Crippen LogP contribution in [0.25, 0.3) is 0 Å². The molecule has 0 aromatic heterocycles. The molecule has 3 atom stereocenters. The Hall–Kier alpha value is -2.66. The molecule has 1 fully saturated rings. The van der Waals surface area contributed by atoms with E-state index in [9.17, 15) is 14.7 Å². The first kappa shape index (κ1) is 20.1. The smallest absolute Gasteiger partial charge is 0.331 e. The van der Waals surface area contributed by atoms with Crippen LogP contribution in [0.3, 0.4) is 0 Å². The topological polar surface area (TPSA) is 60.9 Å². The van der Waals surface area contributed by atoms with Crippen LogP contribution in [0.2, 0.25) is 0 Å². The number of para-hydroxylation sites is 1. The standard InChI is InChI=1S/C23H28N2O3/c1-16(2)21(26)17(3)22(27)25-20(14-18-10-6-4-7-11-18)15-24(23(25)28)19-12-8-5-9-13-19/h4-13,16-17,20-21,26H,14-15H2,1-3H3/t17-,20-,21+/m0/s1. The number of imide groups is 1. The number of benzene rings is 2. The second-order valence-corrected chi connectivity index (χ2v) is 7.80. The molecule has 148 valence electrons. The van der Waals surface area contributed by atoms with E-state index in [1.54, 1.807) is 11.8 Å². The predicted octanol–water partition coefficient (Wildman–Crippen LogP) is 3.72. The molecule has 1 saturated heterocycles. The SMILES string of the molecule is CC(C)[C@@H](O)[C@H](C)C(=O)N1C(=O)N(c2ccccc2)C[C@@H]1Cc1ccccc1. The van der Waals surface area contributed by atoms with Gasteiger partial charge in [0.1, 0.15) is 0 Å². The molecule has 0 radical (unpaired) electrons. The Morgan fingerprint density at radius 2 is 1.61 bits per heavy atom. The van der Waals surface area contributed by atoms with Gasteiger partial charge in [-0.1, -0.05) is 69.3 Å². The number of amides is 3. The van der Waals surface area contributed by atoms with E-state index >= 15 is 0 Å². The molecule has 5 heteroatoms. The number of carbonyl (C=O) groups excluding carboxylic acids is 2. The third-order valence-electron chi connectivity index (χ3n) is 5.40. The highest BCUT2D eigenvalue weighted by Crippen LogP contribution is 2.28. The van der Waals surface area contributed by atoms with E-state index in [2.05, 4.69) is 0 Å². The van der Waals surface area contributed by atoms with Gasteiger partial charge in [0.05, 0.1) is 18.1 Å². The van der Waals surface area contributed by atoms with Crippen molar-refractivity contribution in [2.45, 2.75) is 39.3 Å². The van der Waals surface area contributed by atoms with Crippen LogP contribution in [0.5, 0.6) is 0 Å². The highest BCUT2D eigenvalue weighted by atomic mass is 16.3. The second-order valence-electron chi connectivity index (χ2n) is 7.80. The minimum atomic E-state index is -0.788. The van der Waals surface area contributed by atoms with Crippen molar-refractivity contribution in [2.75, 3.05) is 11.4 Å². The quantitative estimate of drug-likeness (QED) is 0.831. The van der Waals surface area contributed by atoms with Gasteiger partial charge in [0.2, 0.25) is 5.91 Å². The lowest BCUT2D eigenvalue weighted by Gasteiger charge is -2.28. The summed E-state index contributed by atoms with van der Waals surface area (Å²) in [6.45, 7) is 5.88. The Kier molecular flexibility index (Phi) is 6.15. The van der Waals surface area contributed by atoms with Crippen molar-refractivity contribution >= 4 is 17.6 Å². The number of urea groups is 1. The molecule has 0 spiro atoms. The average Bonchev–Trinajstić information content (AvgIpc) is 3.03. The van der Waals surface area contributed by atoms with Crippen LogP contribution in [0.15, 0.2) is 60.7 Å². The molecule has 3 rings (SSSR count). The van der Waals surface area contributed by atoms with E-state index in [1.807, 2.05) is 74.5 Å². The van der Waals surface area contributed by atoms with Gasteiger partial charge in [-0.15, -0.1) is 0 Å². The number of hydrogen-bond donors (Lipinski definition) is 1. The Morgan fingerprint density at radius 3 is 2.18 bits per heavy atom. The summed E-state index contributed by atoms with van der Waals surface area (Å²) in [7, 11) is 0. The van der Waals surface area contributed by atoms with Crippen LogP contribution < -0.4 is 4.90 Å². The van der Waals surface area contributed by atoms with Gasteiger partial charge >= 0.3 is 6.03 Å². The fraction of sp³-hybridized carbons (Fsp3) is 0.391. The molecule has 1 N–H and O–H groups in total. The molecule has 3 amide bonds. The Balaban J connectivity index is 1.90. The van der Waals surface area contributed by atoms with Gasteiger partial charge < -0.3 is 5.11 Å². The zero-order chi connectivity index (χ0) is 20.3. The summed E-state index contributed by atoms with van der Waals surface area (Å²) in [5.74, 6) is -1.02. The van der Waals surface area contributed by atoms with Crippen molar-refractivity contribution in [3.8, 4) is 0 Å². The molecule has 1 aliphatic rings. The van der Waals surface area contributed by atoms with Crippen molar-refractivity contribution in [3.63, 3.8) is 0 Å². The van der Waals surface area contributed by atoms with Gasteiger partial charge in [0.25, 0.3) is 0 Å². The van der Waals surface area contributed by atoms with Gasteiger partial charge in [-0.25, -0.2) is 4.79 Å². The van der Waals surface area contributed by atoms with Gasteiger partial charge in [-0.05, 0) is 30.0 Å². The minimum Gasteiger partial charge on any atom is -0.392 e. The first-order chi connectivity index (χ1) is 13.4. The maximum Gasteiger partial charge on any atom is 0.331 e. The molecular weight excluding hydrogens is 352 g/mol. The van der Waals surface area contributed by atoms with E-state index < -0.39 is 12.0 Å². The van der Waals surface area contributed by atoms with E-state index in [-0.39, 0.29) is 23.9 Å². The van der Waals surface area contributed by atoms with Crippen LogP contribution in [0, 0.1) is 11.8 Å². The second kappa shape index (κ2) is 8.57. The van der Waals surface area contributed by atoms with Crippen molar-refractivity contribution in [1.82, 2.24) is 4.90 Å². The maximum absolute atomic E-state index is 13.2. The maximum atomic E-state index is 13.2.